The molecule has 6 fully saturated rings. The summed E-state index contributed by atoms with van der Waals surface area (Å²) in [5.74, 6) is 0.0198. The van der Waals surface area contributed by atoms with Gasteiger partial charge in [-0.25, -0.2) is 8.78 Å². The van der Waals surface area contributed by atoms with Crippen molar-refractivity contribution < 1.29 is 23.2 Å². The topological polar surface area (TPSA) is 107 Å². The first-order valence-electron chi connectivity index (χ1n) is 23.7. The highest BCUT2D eigenvalue weighted by Crippen LogP contribution is 2.31. The molecule has 6 saturated heterocycles. The van der Waals surface area contributed by atoms with Crippen LogP contribution in [0.15, 0.2) is 54.6 Å². The minimum atomic E-state index is -0.218. The molecular weight excluding hydrogens is 813 g/mol. The first-order valence-corrected chi connectivity index (χ1v) is 23.7. The quantitative estimate of drug-likeness (QED) is 0.290. The Morgan fingerprint density at radius 3 is 1.47 bits per heavy atom. The van der Waals surface area contributed by atoms with E-state index in [0.717, 1.165) is 141 Å². The van der Waals surface area contributed by atoms with Gasteiger partial charge in [0.2, 0.25) is 17.7 Å². The van der Waals surface area contributed by atoms with Crippen molar-refractivity contribution in [3.05, 3.63) is 88.5 Å². The predicted octanol–water partition coefficient (Wildman–Crippen LogP) is 4.33. The molecule has 12 nitrogen and oxygen atoms in total. The van der Waals surface area contributed by atoms with E-state index in [0.29, 0.717) is 24.9 Å². The van der Waals surface area contributed by atoms with E-state index in [1.54, 1.807) is 12.1 Å². The van der Waals surface area contributed by atoms with Crippen LogP contribution in [0.5, 0.6) is 0 Å². The molecule has 9 rings (SSSR count). The van der Waals surface area contributed by atoms with Gasteiger partial charge in [0.25, 0.3) is 0 Å². The lowest BCUT2D eigenvalue weighted by Crippen LogP contribution is -2.45. The Morgan fingerprint density at radius 1 is 0.516 bits per heavy atom. The molecule has 6 aliphatic heterocycles. The second-order valence-corrected chi connectivity index (χ2v) is 18.8. The highest BCUT2D eigenvalue weighted by molar-refractivity contribution is 5.82. The number of nitrogens with zero attached hydrogens (tertiary/aromatic N) is 6. The number of benzene rings is 3. The molecule has 3 atom stereocenters. The number of piperazine rings is 3. The van der Waals surface area contributed by atoms with Gasteiger partial charge in [0.15, 0.2) is 0 Å². The molecule has 3 aromatic carbocycles. The van der Waals surface area contributed by atoms with Crippen LogP contribution in [0.3, 0.4) is 0 Å². The molecule has 3 aromatic rings. The van der Waals surface area contributed by atoms with Crippen LogP contribution < -0.4 is 30.7 Å². The van der Waals surface area contributed by atoms with E-state index in [-0.39, 0.29) is 47.1 Å². The molecule has 348 valence electrons. The van der Waals surface area contributed by atoms with Gasteiger partial charge in [-0.05, 0) is 121 Å². The summed E-state index contributed by atoms with van der Waals surface area (Å²) in [5, 5.41) is 8.70. The second kappa shape index (κ2) is 22.4. The maximum Gasteiger partial charge on any atom is 0.223 e. The number of piperidine rings is 1. The van der Waals surface area contributed by atoms with E-state index >= 15 is 0 Å². The third-order valence-electron chi connectivity index (χ3n) is 14.0. The zero-order valence-corrected chi connectivity index (χ0v) is 38.6. The average Bonchev–Trinajstić information content (AvgIpc) is 3.90. The van der Waals surface area contributed by atoms with Crippen molar-refractivity contribution in [1.29, 1.82) is 0 Å². The average molecular weight is 884 g/mol. The van der Waals surface area contributed by atoms with E-state index in [2.05, 4.69) is 91.6 Å². The fraction of sp³-hybridized carbons (Fsp3) is 0.580. The molecule has 14 heteroatoms. The molecule has 0 saturated carbocycles. The number of halogens is 2. The lowest BCUT2D eigenvalue weighted by Gasteiger charge is -2.35. The van der Waals surface area contributed by atoms with Gasteiger partial charge >= 0.3 is 0 Å². The van der Waals surface area contributed by atoms with Crippen LogP contribution in [-0.2, 0) is 33.6 Å². The maximum absolute atomic E-state index is 14.3. The van der Waals surface area contributed by atoms with E-state index in [1.165, 1.54) is 28.9 Å². The number of hydrogen-bond donors (Lipinski definition) is 3. The smallest absolute Gasteiger partial charge is 0.223 e. The van der Waals surface area contributed by atoms with Crippen LogP contribution in [0, 0.1) is 36.3 Å². The van der Waals surface area contributed by atoms with Gasteiger partial charge in [0.05, 0.1) is 0 Å². The van der Waals surface area contributed by atoms with E-state index in [9.17, 15) is 23.2 Å². The van der Waals surface area contributed by atoms with Crippen LogP contribution in [0.1, 0.15) is 47.9 Å². The van der Waals surface area contributed by atoms with Crippen molar-refractivity contribution in [3.63, 3.8) is 0 Å². The number of carbonyl (C=O) groups excluding carboxylic acids is 3. The molecule has 6 aliphatic rings. The number of carbonyl (C=O) groups is 3. The summed E-state index contributed by atoms with van der Waals surface area (Å²) in [6.45, 7) is 16.5. The van der Waals surface area contributed by atoms with E-state index in [1.807, 2.05) is 12.1 Å². The highest BCUT2D eigenvalue weighted by Gasteiger charge is 2.30. The second-order valence-electron chi connectivity index (χ2n) is 18.8. The Hall–Kier alpha value is -4.79. The Bertz CT molecular complexity index is 2050. The standard InChI is InChI=1S/C17H24FN3O.C17H25N3O.C16H22FN3O/c1-20-7-9-21(10-8-20)16-5-4-15(18)12-14(16)11-13-3-2-6-19-17(13)22;1-13-3-4-16(20-9-7-19(2)8-10-20)15(11-13)12-14-5-6-18-17(14)21;1-19-7-9-20(10-8-19)15-4-2-3-14(17)13(15)11-12-5-6-18-16(12)21/h4-5,12-13H,2-3,6-11H2,1H3,(H,19,22);3-4,11,14H,5-10,12H2,1-2H3,(H,18,21);2-4,12H,5-11H2,1H3,(H,18,21). The van der Waals surface area contributed by atoms with Crippen LogP contribution in [0.2, 0.25) is 0 Å². The fourth-order valence-electron chi connectivity index (χ4n) is 9.89. The molecule has 0 radical (unpaired) electrons. The number of amides is 3. The number of hydrogen-bond acceptors (Lipinski definition) is 9. The van der Waals surface area contributed by atoms with Crippen LogP contribution in [-0.4, -0.2) is 152 Å². The first-order chi connectivity index (χ1) is 30.9. The molecular formula is C50H71F2N9O3. The first kappa shape index (κ1) is 47.2. The SMILES string of the molecule is CN1CCN(c2ccc(F)cc2CC2CCCNC2=O)CC1.CN1CCN(c2cccc(F)c2CC2CCNC2=O)CC1.Cc1ccc(N2CCN(C)CC2)c(CC2CCNC2=O)c1. The summed E-state index contributed by atoms with van der Waals surface area (Å²) in [6.07, 6.45) is 5.67. The molecule has 6 heterocycles. The third-order valence-corrected chi connectivity index (χ3v) is 14.0. The van der Waals surface area contributed by atoms with Crippen LogP contribution in [0.25, 0.3) is 0 Å². The van der Waals surface area contributed by atoms with Crippen molar-refractivity contribution in [2.24, 2.45) is 17.8 Å². The van der Waals surface area contributed by atoms with Gasteiger partial charge in [-0.1, -0.05) is 23.8 Å². The normalized spacial score (nSPS) is 23.4. The molecule has 0 bridgehead atoms. The molecule has 3 amide bonds. The van der Waals surface area contributed by atoms with E-state index in [4.69, 9.17) is 0 Å². The van der Waals surface area contributed by atoms with Crippen LogP contribution >= 0.6 is 0 Å². The van der Waals surface area contributed by atoms with Gasteiger partial charge in [0, 0.05) is 139 Å². The van der Waals surface area contributed by atoms with E-state index < -0.39 is 0 Å². The van der Waals surface area contributed by atoms with Crippen LogP contribution in [0.4, 0.5) is 25.8 Å². The fourth-order valence-corrected chi connectivity index (χ4v) is 9.89. The lowest BCUT2D eigenvalue weighted by atomic mass is 9.90. The number of rotatable bonds is 9. The number of anilines is 3. The van der Waals surface area contributed by atoms with Crippen molar-refractivity contribution >= 4 is 34.8 Å². The largest absolute Gasteiger partial charge is 0.369 e. The van der Waals surface area contributed by atoms with Crippen molar-refractivity contribution in [2.45, 2.75) is 51.9 Å². The zero-order chi connectivity index (χ0) is 45.2. The summed E-state index contributed by atoms with van der Waals surface area (Å²) in [6, 6.07) is 16.9. The maximum atomic E-state index is 14.3. The summed E-state index contributed by atoms with van der Waals surface area (Å²) in [4.78, 5) is 49.6. The van der Waals surface area contributed by atoms with Gasteiger partial charge in [-0.3, -0.25) is 14.4 Å². The monoisotopic (exact) mass is 884 g/mol. The predicted molar refractivity (Wildman–Crippen MR) is 252 cm³/mol. The number of likely N-dealkylation sites (N-methyl/N-ethyl adjacent to an activating group) is 3. The van der Waals surface area contributed by atoms with Crippen molar-refractivity contribution in [2.75, 3.05) is 134 Å². The number of aryl methyl sites for hydroxylation is 1. The summed E-state index contributed by atoms with van der Waals surface area (Å²) >= 11 is 0. The van der Waals surface area contributed by atoms with Crippen molar-refractivity contribution in [3.8, 4) is 0 Å². The Kier molecular flexibility index (Phi) is 16.5. The summed E-state index contributed by atoms with van der Waals surface area (Å²) < 4.78 is 28.0. The lowest BCUT2D eigenvalue weighted by molar-refractivity contribution is -0.126. The molecule has 0 aliphatic carbocycles. The molecule has 3 unspecified atom stereocenters. The van der Waals surface area contributed by atoms with Gasteiger partial charge < -0.3 is 45.3 Å². The summed E-state index contributed by atoms with van der Waals surface area (Å²) in [7, 11) is 6.40. The number of nitrogens with one attached hydrogen (secondary N) is 3. The van der Waals surface area contributed by atoms with Gasteiger partial charge in [-0.2, -0.15) is 0 Å². The minimum absolute atomic E-state index is 0.0261. The molecule has 3 N–H and O–H groups in total. The zero-order valence-electron chi connectivity index (χ0n) is 38.6. The Labute approximate surface area is 379 Å². The Balaban J connectivity index is 0.000000144. The minimum Gasteiger partial charge on any atom is -0.369 e. The van der Waals surface area contributed by atoms with Crippen molar-refractivity contribution in [1.82, 2.24) is 30.7 Å². The summed E-state index contributed by atoms with van der Waals surface area (Å²) in [5.41, 5.74) is 7.66. The Morgan fingerprint density at radius 2 is 0.969 bits per heavy atom. The molecule has 64 heavy (non-hydrogen) atoms. The highest BCUT2D eigenvalue weighted by atomic mass is 19.1. The third kappa shape index (κ3) is 12.5. The van der Waals surface area contributed by atoms with Gasteiger partial charge in [-0.15, -0.1) is 0 Å². The molecule has 0 aromatic heterocycles. The molecule has 0 spiro atoms. The van der Waals surface area contributed by atoms with Gasteiger partial charge in [0.1, 0.15) is 11.6 Å².